The quantitative estimate of drug-likeness (QED) is 0.460. The molecule has 0 saturated carbocycles. The average Bonchev–Trinajstić information content (AvgIpc) is 2.96. The number of nitrogens with one attached hydrogen (secondary N) is 1. The molecule has 3 rings (SSSR count). The largest absolute Gasteiger partial charge is 0.470 e. The summed E-state index contributed by atoms with van der Waals surface area (Å²) in [7, 11) is 0. The second kappa shape index (κ2) is 6.45. The summed E-state index contributed by atoms with van der Waals surface area (Å²) in [5.74, 6) is -3.45. The van der Waals surface area contributed by atoms with Gasteiger partial charge < -0.3 is 28.4 Å². The first-order valence-corrected chi connectivity index (χ1v) is 8.20. The van der Waals surface area contributed by atoms with Crippen LogP contribution in [0.5, 0.6) is 0 Å². The first-order chi connectivity index (χ1) is 11.9. The number of rotatable bonds is 3. The standard InChI is InChI=1S/C16H22F3NO6/c1-14(2)23-9-8(6-5-7-21-13(20)16(17,18)19)22-12-11(10(9)24-14)25-15(3,4)26-12/h5-6,8-12,20H,7H2,1-4H3/b6-5+,20-13?/t8-,9+,10+,11-,12-/m1/s1. The van der Waals surface area contributed by atoms with Crippen LogP contribution >= 0.6 is 0 Å². The van der Waals surface area contributed by atoms with Gasteiger partial charge in [0.15, 0.2) is 17.9 Å². The van der Waals surface area contributed by atoms with Crippen LogP contribution in [0.3, 0.4) is 0 Å². The molecular weight excluding hydrogens is 359 g/mol. The summed E-state index contributed by atoms with van der Waals surface area (Å²) in [5.41, 5.74) is 0. The number of ether oxygens (including phenoxy) is 6. The summed E-state index contributed by atoms with van der Waals surface area (Å²) in [6.07, 6.45) is -4.68. The van der Waals surface area contributed by atoms with Gasteiger partial charge in [-0.25, -0.2) is 0 Å². The molecule has 0 spiro atoms. The van der Waals surface area contributed by atoms with E-state index < -0.39 is 61.0 Å². The molecule has 0 aliphatic carbocycles. The lowest BCUT2D eigenvalue weighted by Crippen LogP contribution is -2.54. The third kappa shape index (κ3) is 4.04. The summed E-state index contributed by atoms with van der Waals surface area (Å²) < 4.78 is 70.3. The maximum atomic E-state index is 12.2. The second-order valence-corrected chi connectivity index (χ2v) is 7.20. The van der Waals surface area contributed by atoms with Gasteiger partial charge in [-0.1, -0.05) is 6.08 Å². The number of halogens is 3. The van der Waals surface area contributed by atoms with Gasteiger partial charge in [0.1, 0.15) is 31.0 Å². The molecule has 1 N–H and O–H groups in total. The molecular formula is C16H22F3NO6. The number of hydrogen-bond acceptors (Lipinski definition) is 7. The smallest absolute Gasteiger partial charge is 0.467 e. The highest BCUT2D eigenvalue weighted by Crippen LogP contribution is 2.44. The van der Waals surface area contributed by atoms with Crippen LogP contribution in [-0.2, 0) is 28.4 Å². The average molecular weight is 381 g/mol. The Hall–Kier alpha value is -1.20. The van der Waals surface area contributed by atoms with Crippen molar-refractivity contribution in [1.29, 1.82) is 5.41 Å². The Morgan fingerprint density at radius 2 is 1.58 bits per heavy atom. The van der Waals surface area contributed by atoms with Crippen molar-refractivity contribution in [3.63, 3.8) is 0 Å². The van der Waals surface area contributed by atoms with E-state index in [4.69, 9.17) is 29.1 Å². The molecule has 0 amide bonds. The van der Waals surface area contributed by atoms with E-state index in [-0.39, 0.29) is 0 Å². The molecule has 3 aliphatic heterocycles. The van der Waals surface area contributed by atoms with Gasteiger partial charge in [-0.2, -0.15) is 13.2 Å². The van der Waals surface area contributed by atoms with Crippen LogP contribution in [0.1, 0.15) is 27.7 Å². The van der Waals surface area contributed by atoms with Gasteiger partial charge in [0, 0.05) is 0 Å². The normalized spacial score (nSPS) is 38.2. The first-order valence-electron chi connectivity index (χ1n) is 8.20. The zero-order valence-corrected chi connectivity index (χ0v) is 14.8. The molecule has 3 saturated heterocycles. The second-order valence-electron chi connectivity index (χ2n) is 7.20. The van der Waals surface area contributed by atoms with Crippen LogP contribution in [0.25, 0.3) is 0 Å². The SMILES string of the molecule is CC1(C)O[C@H]2[C@@H](O1)[C@@H](/C=C/COC(=N)C(F)(F)F)O[C@@H]1OC(C)(C)O[C@@H]12. The lowest BCUT2D eigenvalue weighted by atomic mass is 9.99. The van der Waals surface area contributed by atoms with Crippen LogP contribution < -0.4 is 0 Å². The Bertz CT molecular complexity index is 591. The number of hydrogen-bond donors (Lipinski definition) is 1. The molecule has 0 bridgehead atoms. The predicted molar refractivity (Wildman–Crippen MR) is 81.4 cm³/mol. The predicted octanol–water partition coefficient (Wildman–Crippen LogP) is 2.50. The first kappa shape index (κ1) is 19.6. The third-order valence-electron chi connectivity index (χ3n) is 4.10. The Labute approximate surface area is 148 Å². The summed E-state index contributed by atoms with van der Waals surface area (Å²) in [5, 5.41) is 6.78. The lowest BCUT2D eigenvalue weighted by molar-refractivity contribution is -0.222. The van der Waals surface area contributed by atoms with Crippen molar-refractivity contribution >= 4 is 5.90 Å². The van der Waals surface area contributed by atoms with Crippen molar-refractivity contribution in [3.05, 3.63) is 12.2 Å². The minimum Gasteiger partial charge on any atom is -0.470 e. The van der Waals surface area contributed by atoms with Crippen molar-refractivity contribution in [3.8, 4) is 0 Å². The summed E-state index contributed by atoms with van der Waals surface area (Å²) in [6, 6.07) is 0. The van der Waals surface area contributed by atoms with Crippen LogP contribution in [0, 0.1) is 5.41 Å². The molecule has 0 aromatic carbocycles. The molecule has 0 aromatic rings. The van der Waals surface area contributed by atoms with Crippen molar-refractivity contribution in [1.82, 2.24) is 0 Å². The molecule has 3 aliphatic rings. The van der Waals surface area contributed by atoms with E-state index in [0.29, 0.717) is 0 Å². The van der Waals surface area contributed by atoms with Crippen LogP contribution in [0.15, 0.2) is 12.2 Å². The molecule has 0 unspecified atom stereocenters. The van der Waals surface area contributed by atoms with Gasteiger partial charge in [-0.15, -0.1) is 0 Å². The Morgan fingerprint density at radius 1 is 1.00 bits per heavy atom. The van der Waals surface area contributed by atoms with Gasteiger partial charge in [-0.3, -0.25) is 5.41 Å². The van der Waals surface area contributed by atoms with E-state index in [0.717, 1.165) is 0 Å². The molecule has 7 nitrogen and oxygen atoms in total. The molecule has 0 aromatic heterocycles. The highest BCUT2D eigenvalue weighted by atomic mass is 19.4. The van der Waals surface area contributed by atoms with Gasteiger partial charge >= 0.3 is 6.18 Å². The van der Waals surface area contributed by atoms with Crippen molar-refractivity contribution in [2.45, 2.75) is 76.2 Å². The monoisotopic (exact) mass is 381 g/mol. The summed E-state index contributed by atoms with van der Waals surface area (Å²) in [4.78, 5) is 0. The van der Waals surface area contributed by atoms with E-state index in [1.54, 1.807) is 27.7 Å². The number of alkyl halides is 3. The topological polar surface area (TPSA) is 79.2 Å². The fraction of sp³-hybridized carbons (Fsp3) is 0.812. The Morgan fingerprint density at radius 3 is 2.23 bits per heavy atom. The Kier molecular flexibility index (Phi) is 4.85. The maximum Gasteiger partial charge on any atom is 0.467 e. The zero-order valence-electron chi connectivity index (χ0n) is 14.8. The summed E-state index contributed by atoms with van der Waals surface area (Å²) >= 11 is 0. The molecule has 148 valence electrons. The lowest BCUT2D eigenvalue weighted by Gasteiger charge is -2.36. The fourth-order valence-electron chi connectivity index (χ4n) is 3.20. The van der Waals surface area contributed by atoms with E-state index in [1.165, 1.54) is 12.2 Å². The number of fused-ring (bicyclic) bond motifs is 3. The highest BCUT2D eigenvalue weighted by molar-refractivity contribution is 5.78. The van der Waals surface area contributed by atoms with Gasteiger partial charge in [-0.05, 0) is 33.8 Å². The van der Waals surface area contributed by atoms with Crippen molar-refractivity contribution in [2.24, 2.45) is 0 Å². The van der Waals surface area contributed by atoms with E-state index in [9.17, 15) is 13.2 Å². The molecule has 26 heavy (non-hydrogen) atoms. The minimum atomic E-state index is -4.81. The third-order valence-corrected chi connectivity index (χ3v) is 4.10. The molecule has 3 heterocycles. The van der Waals surface area contributed by atoms with Crippen LogP contribution in [0.4, 0.5) is 13.2 Å². The summed E-state index contributed by atoms with van der Waals surface area (Å²) in [6.45, 7) is 6.61. The van der Waals surface area contributed by atoms with Crippen molar-refractivity contribution < 1.29 is 41.6 Å². The molecule has 10 heteroatoms. The maximum absolute atomic E-state index is 12.2. The van der Waals surface area contributed by atoms with Gasteiger partial charge in [0.25, 0.3) is 5.90 Å². The minimum absolute atomic E-state index is 0.420. The van der Waals surface area contributed by atoms with Crippen LogP contribution in [0.2, 0.25) is 0 Å². The Balaban J connectivity index is 1.67. The van der Waals surface area contributed by atoms with Gasteiger partial charge in [0.2, 0.25) is 0 Å². The molecule has 3 fully saturated rings. The van der Waals surface area contributed by atoms with E-state index >= 15 is 0 Å². The van der Waals surface area contributed by atoms with Crippen molar-refractivity contribution in [2.75, 3.05) is 6.61 Å². The molecule has 5 atom stereocenters. The van der Waals surface area contributed by atoms with Gasteiger partial charge in [0.05, 0.1) is 0 Å². The van der Waals surface area contributed by atoms with Crippen LogP contribution in [-0.4, -0.2) is 61.0 Å². The zero-order chi connectivity index (χ0) is 19.3. The highest BCUT2D eigenvalue weighted by Gasteiger charge is 2.60. The van der Waals surface area contributed by atoms with E-state index in [2.05, 4.69) is 4.74 Å². The molecule has 0 radical (unpaired) electrons. The fourth-order valence-corrected chi connectivity index (χ4v) is 3.20. The van der Waals surface area contributed by atoms with E-state index in [1.807, 2.05) is 0 Å².